The van der Waals surface area contributed by atoms with Crippen LogP contribution in [0.4, 0.5) is 0 Å². The van der Waals surface area contributed by atoms with Crippen molar-refractivity contribution in [2.75, 3.05) is 34.8 Å². The van der Waals surface area contributed by atoms with Gasteiger partial charge in [-0.05, 0) is 19.3 Å². The van der Waals surface area contributed by atoms with E-state index in [4.69, 9.17) is 4.74 Å². The van der Waals surface area contributed by atoms with Crippen molar-refractivity contribution < 1.29 is 9.22 Å². The molecule has 1 rings (SSSR count). The number of ether oxygens (including phenoxy) is 1. The van der Waals surface area contributed by atoms with Gasteiger partial charge in [0.15, 0.2) is 0 Å². The van der Waals surface area contributed by atoms with Gasteiger partial charge in [-0.2, -0.15) is 0 Å². The number of nitrogens with zero attached hydrogens (tertiary/aromatic N) is 1. The van der Waals surface area contributed by atoms with Crippen LogP contribution in [0.15, 0.2) is 0 Å². The number of rotatable bonds is 0. The van der Waals surface area contributed by atoms with Crippen molar-refractivity contribution in [2.24, 2.45) is 0 Å². The summed E-state index contributed by atoms with van der Waals surface area (Å²) in [6, 6.07) is 0. The molecule has 0 saturated carbocycles. The highest BCUT2D eigenvalue weighted by molar-refractivity contribution is 6.10. The fourth-order valence-electron chi connectivity index (χ4n) is 0.902. The van der Waals surface area contributed by atoms with Crippen LogP contribution in [0.1, 0.15) is 19.3 Å². The fraction of sp³-hybridized carbons (Fsp3) is 1.00. The molecule has 1 fully saturated rings. The van der Waals surface area contributed by atoms with E-state index in [0.717, 1.165) is 11.1 Å². The Balaban J connectivity index is 0. The van der Waals surface area contributed by atoms with Gasteiger partial charge in [0.2, 0.25) is 0 Å². The molecular weight excluding hydrogens is 202 g/mol. The van der Waals surface area contributed by atoms with E-state index in [1.807, 2.05) is 0 Å². The van der Waals surface area contributed by atoms with E-state index in [2.05, 4.69) is 28.2 Å². The maximum atomic E-state index is 5.34. The zero-order valence-electron chi connectivity index (χ0n) is 9.67. The predicted molar refractivity (Wildman–Crippen MR) is 64.7 cm³/mol. The van der Waals surface area contributed by atoms with Crippen molar-refractivity contribution in [1.82, 2.24) is 0 Å². The molecule has 0 aromatic heterocycles. The Labute approximate surface area is 92.1 Å². The van der Waals surface area contributed by atoms with Crippen LogP contribution < -0.4 is 0 Å². The number of quaternary nitrogens is 1. The summed E-state index contributed by atoms with van der Waals surface area (Å²) >= 11 is 0. The summed E-state index contributed by atoms with van der Waals surface area (Å²) in [5, 5.41) is 0. The molecule has 1 aliphatic rings. The highest BCUT2D eigenvalue weighted by atomic mass is 35.5. The fourth-order valence-corrected chi connectivity index (χ4v) is 1.55. The van der Waals surface area contributed by atoms with Crippen molar-refractivity contribution in [1.29, 1.82) is 0 Å². The molecule has 2 nitrogen and oxygen atoms in total. The van der Waals surface area contributed by atoms with E-state index in [0.29, 0.717) is 5.73 Å². The van der Waals surface area contributed by atoms with Crippen LogP contribution in [0.25, 0.3) is 0 Å². The molecule has 1 atom stereocenters. The monoisotopic (exact) mass is 226 g/mol. The molecule has 0 aromatic rings. The number of hydrogen-bond donors (Lipinski definition) is 0. The Hall–Kier alpha value is 0.427. The predicted octanol–water partition coefficient (Wildman–Crippen LogP) is 0.623. The Morgan fingerprint density at radius 2 is 1.62 bits per heavy atom. The Morgan fingerprint density at radius 1 is 1.15 bits per heavy atom. The molecule has 4 heteroatoms. The van der Waals surface area contributed by atoms with Crippen LogP contribution in [-0.4, -0.2) is 55.3 Å². The molecule has 0 aromatic carbocycles. The molecule has 13 heavy (non-hydrogen) atoms. The summed E-state index contributed by atoms with van der Waals surface area (Å²) in [4.78, 5) is 0. The molecule has 82 valence electrons. The maximum absolute atomic E-state index is 5.34. The van der Waals surface area contributed by atoms with E-state index in [1.54, 1.807) is 0 Å². The molecule has 0 aliphatic carbocycles. The molecule has 0 radical (unpaired) electrons. The van der Waals surface area contributed by atoms with Crippen LogP contribution in [0.2, 0.25) is 0 Å². The lowest BCUT2D eigenvalue weighted by Gasteiger charge is -2.17. The minimum atomic E-state index is 0. The molecule has 0 amide bonds. The van der Waals surface area contributed by atoms with Crippen LogP contribution in [0.3, 0.4) is 0 Å². The lowest BCUT2D eigenvalue weighted by molar-refractivity contribution is -0.849. The van der Waals surface area contributed by atoms with E-state index in [9.17, 15) is 0 Å². The molecule has 1 unspecified atom stereocenters. The van der Waals surface area contributed by atoms with Crippen molar-refractivity contribution in [3.8, 4) is 0 Å². The third-order valence-electron chi connectivity index (χ3n) is 1.41. The largest absolute Gasteiger partial charge is 0.383 e. The van der Waals surface area contributed by atoms with E-state index >= 15 is 0 Å². The molecule has 0 spiro atoms. The standard InChI is InChI=1S/C5H12OSi.C4H12N.ClH/c7-5-3-1-2-4-6-5;1-5(2,3)4;/h5H,1-4H2,7H3;1-4H3;1H/q;+1;. The summed E-state index contributed by atoms with van der Waals surface area (Å²) < 4.78 is 6.34. The van der Waals surface area contributed by atoms with Crippen molar-refractivity contribution in [3.05, 3.63) is 0 Å². The van der Waals surface area contributed by atoms with Crippen LogP contribution in [-0.2, 0) is 4.74 Å². The number of halogens is 1. The second-order valence-electron chi connectivity index (χ2n) is 4.86. The number of hydrogen-bond acceptors (Lipinski definition) is 1. The highest BCUT2D eigenvalue weighted by Crippen LogP contribution is 2.08. The maximum Gasteiger partial charge on any atom is 0.0675 e. The minimum absolute atomic E-state index is 0. The summed E-state index contributed by atoms with van der Waals surface area (Å²) in [5.41, 5.74) is 0.675. The summed E-state index contributed by atoms with van der Waals surface area (Å²) in [5.74, 6) is 0. The normalized spacial score (nSPS) is 22.6. The lowest BCUT2D eigenvalue weighted by atomic mass is 10.2. The van der Waals surface area contributed by atoms with Gasteiger partial charge in [-0.25, -0.2) is 0 Å². The third kappa shape index (κ3) is 19.0. The van der Waals surface area contributed by atoms with Crippen molar-refractivity contribution >= 4 is 22.6 Å². The van der Waals surface area contributed by atoms with Gasteiger partial charge in [-0.15, -0.1) is 12.4 Å². The average molecular weight is 227 g/mol. The zero-order chi connectivity index (χ0) is 9.61. The smallest absolute Gasteiger partial charge is 0.0675 e. The topological polar surface area (TPSA) is 9.23 Å². The van der Waals surface area contributed by atoms with Gasteiger partial charge in [0, 0.05) is 22.6 Å². The Bertz CT molecular complexity index is 105. The van der Waals surface area contributed by atoms with Crippen LogP contribution in [0.5, 0.6) is 0 Å². The third-order valence-corrected chi connectivity index (χ3v) is 2.32. The molecule has 1 heterocycles. The van der Waals surface area contributed by atoms with Crippen LogP contribution in [0, 0.1) is 0 Å². The summed E-state index contributed by atoms with van der Waals surface area (Å²) in [6.07, 6.45) is 4.01. The van der Waals surface area contributed by atoms with Gasteiger partial charge < -0.3 is 9.22 Å². The van der Waals surface area contributed by atoms with Gasteiger partial charge in [-0.1, -0.05) is 0 Å². The zero-order valence-corrected chi connectivity index (χ0v) is 12.5. The van der Waals surface area contributed by atoms with Crippen molar-refractivity contribution in [3.63, 3.8) is 0 Å². The summed E-state index contributed by atoms with van der Waals surface area (Å²) in [7, 11) is 9.73. The molecule has 0 bridgehead atoms. The van der Waals surface area contributed by atoms with E-state index in [1.165, 1.54) is 29.5 Å². The van der Waals surface area contributed by atoms with E-state index < -0.39 is 0 Å². The van der Waals surface area contributed by atoms with Gasteiger partial charge >= 0.3 is 0 Å². The first-order valence-electron chi connectivity index (χ1n) is 4.80. The Kier molecular flexibility index (Phi) is 9.52. The van der Waals surface area contributed by atoms with E-state index in [-0.39, 0.29) is 12.4 Å². The first-order chi connectivity index (χ1) is 5.39. The van der Waals surface area contributed by atoms with Crippen LogP contribution >= 0.6 is 12.4 Å². The van der Waals surface area contributed by atoms with Gasteiger partial charge in [0.1, 0.15) is 0 Å². The highest BCUT2D eigenvalue weighted by Gasteiger charge is 2.05. The van der Waals surface area contributed by atoms with Gasteiger partial charge in [0.25, 0.3) is 0 Å². The molecule has 0 N–H and O–H groups in total. The average Bonchev–Trinajstić information content (AvgIpc) is 1.85. The molecular formula is C9H25ClNOSi+. The quantitative estimate of drug-likeness (QED) is 0.435. The minimum Gasteiger partial charge on any atom is -0.383 e. The lowest BCUT2D eigenvalue weighted by Crippen LogP contribution is -2.27. The van der Waals surface area contributed by atoms with Crippen molar-refractivity contribution in [2.45, 2.75) is 25.0 Å². The molecule has 1 aliphatic heterocycles. The Morgan fingerprint density at radius 3 is 1.77 bits per heavy atom. The van der Waals surface area contributed by atoms with Gasteiger partial charge in [0.05, 0.1) is 28.2 Å². The second kappa shape index (κ2) is 7.80. The molecule has 1 saturated heterocycles. The SMILES string of the molecule is C[N+](C)(C)C.Cl.[SiH3]C1CCCCO1. The first kappa shape index (κ1) is 15.9. The second-order valence-corrected chi connectivity index (χ2v) is 6.15. The first-order valence-corrected chi connectivity index (χ1v) is 5.95. The summed E-state index contributed by atoms with van der Waals surface area (Å²) in [6.45, 7) is 1.02. The van der Waals surface area contributed by atoms with Gasteiger partial charge in [-0.3, -0.25) is 0 Å².